The van der Waals surface area contributed by atoms with Crippen LogP contribution in [0.2, 0.25) is 0 Å². The predicted molar refractivity (Wildman–Crippen MR) is 91.1 cm³/mol. The Morgan fingerprint density at radius 1 is 1.21 bits per heavy atom. The number of carbonyl (C=O) groups is 1. The van der Waals surface area contributed by atoms with Gasteiger partial charge in [0.05, 0.1) is 18.2 Å². The van der Waals surface area contributed by atoms with E-state index in [1.165, 1.54) is 12.8 Å². The molecule has 1 saturated carbocycles. The fourth-order valence-electron chi connectivity index (χ4n) is 3.28. The van der Waals surface area contributed by atoms with Crippen LogP contribution in [-0.2, 0) is 0 Å². The minimum absolute atomic E-state index is 0.0678. The molecule has 2 aromatic rings. The van der Waals surface area contributed by atoms with E-state index in [0.717, 1.165) is 31.7 Å². The Morgan fingerprint density at radius 3 is 2.88 bits per heavy atom. The highest BCUT2D eigenvalue weighted by Gasteiger charge is 2.28. The van der Waals surface area contributed by atoms with Crippen LogP contribution in [0.1, 0.15) is 42.1 Å². The maximum Gasteiger partial charge on any atom is 0.257 e. The number of piperidine rings is 1. The van der Waals surface area contributed by atoms with E-state index in [9.17, 15) is 4.79 Å². The molecule has 0 radical (unpaired) electrons. The second kappa shape index (κ2) is 6.67. The number of ether oxygens (including phenoxy) is 1. The molecule has 24 heavy (non-hydrogen) atoms. The number of hydrogen-bond donors (Lipinski definition) is 0. The highest BCUT2D eigenvalue weighted by molar-refractivity contribution is 5.97. The van der Waals surface area contributed by atoms with E-state index in [1.54, 1.807) is 6.20 Å². The fourth-order valence-corrected chi connectivity index (χ4v) is 3.28. The molecular weight excluding hydrogens is 302 g/mol. The second-order valence-corrected chi connectivity index (χ2v) is 6.78. The molecule has 1 unspecified atom stereocenters. The Labute approximate surface area is 142 Å². The van der Waals surface area contributed by atoms with E-state index in [4.69, 9.17) is 4.74 Å². The van der Waals surface area contributed by atoms with Gasteiger partial charge < -0.3 is 9.64 Å². The summed E-state index contributed by atoms with van der Waals surface area (Å²) < 4.78 is 7.87. The van der Waals surface area contributed by atoms with Gasteiger partial charge in [0.1, 0.15) is 5.75 Å². The summed E-state index contributed by atoms with van der Waals surface area (Å²) in [5.41, 5.74) is 0.680. The molecular formula is C19H23N3O2. The van der Waals surface area contributed by atoms with Gasteiger partial charge in [0.2, 0.25) is 0 Å². The summed E-state index contributed by atoms with van der Waals surface area (Å²) in [6.07, 6.45) is 8.32. The van der Waals surface area contributed by atoms with Gasteiger partial charge in [0, 0.05) is 25.5 Å². The van der Waals surface area contributed by atoms with Crippen molar-refractivity contribution in [2.24, 2.45) is 5.92 Å². The van der Waals surface area contributed by atoms with Gasteiger partial charge >= 0.3 is 0 Å². The van der Waals surface area contributed by atoms with Crippen molar-refractivity contribution in [3.8, 4) is 5.75 Å². The van der Waals surface area contributed by atoms with Crippen molar-refractivity contribution < 1.29 is 9.53 Å². The van der Waals surface area contributed by atoms with Crippen LogP contribution in [0.3, 0.4) is 0 Å². The third-order valence-corrected chi connectivity index (χ3v) is 4.87. The molecule has 1 aliphatic carbocycles. The van der Waals surface area contributed by atoms with E-state index in [-0.39, 0.29) is 11.9 Å². The Kier molecular flexibility index (Phi) is 4.24. The van der Waals surface area contributed by atoms with Gasteiger partial charge in [-0.3, -0.25) is 9.48 Å². The fraction of sp³-hybridized carbons (Fsp3) is 0.474. The van der Waals surface area contributed by atoms with E-state index in [0.29, 0.717) is 18.0 Å². The third-order valence-electron chi connectivity index (χ3n) is 4.87. The molecule has 1 amide bonds. The number of benzene rings is 1. The molecule has 2 heterocycles. The van der Waals surface area contributed by atoms with Crippen LogP contribution in [0.15, 0.2) is 42.7 Å². The number of rotatable bonds is 5. The molecule has 5 nitrogen and oxygen atoms in total. The van der Waals surface area contributed by atoms with Crippen LogP contribution in [0.5, 0.6) is 5.75 Å². The van der Waals surface area contributed by atoms with Crippen LogP contribution in [0, 0.1) is 5.92 Å². The quantitative estimate of drug-likeness (QED) is 0.848. The lowest BCUT2D eigenvalue weighted by Crippen LogP contribution is -2.41. The monoisotopic (exact) mass is 325 g/mol. The molecule has 1 aromatic heterocycles. The highest BCUT2D eigenvalue weighted by Crippen LogP contribution is 2.31. The molecule has 2 aliphatic rings. The standard InChI is InChI=1S/C19H23N3O2/c23-19(17-6-1-2-7-18(17)24-14-15-8-9-15)21-11-3-5-16(13-21)22-12-4-10-20-22/h1-2,4,6-7,10,12,15-16H,3,5,8-9,11,13-14H2. The molecule has 1 saturated heterocycles. The smallest absolute Gasteiger partial charge is 0.257 e. The van der Waals surface area contributed by atoms with Crippen LogP contribution < -0.4 is 4.74 Å². The Morgan fingerprint density at radius 2 is 2.08 bits per heavy atom. The van der Waals surface area contributed by atoms with E-state index >= 15 is 0 Å². The van der Waals surface area contributed by atoms with E-state index in [1.807, 2.05) is 46.1 Å². The number of nitrogens with zero attached hydrogens (tertiary/aromatic N) is 3. The van der Waals surface area contributed by atoms with Gasteiger partial charge in [-0.25, -0.2) is 0 Å². The number of carbonyl (C=O) groups excluding carboxylic acids is 1. The van der Waals surface area contributed by atoms with Gasteiger partial charge in [-0.15, -0.1) is 0 Å². The molecule has 2 fully saturated rings. The van der Waals surface area contributed by atoms with Crippen molar-refractivity contribution in [3.63, 3.8) is 0 Å². The SMILES string of the molecule is O=C(c1ccccc1OCC1CC1)N1CCCC(n2cccn2)C1. The number of hydrogen-bond acceptors (Lipinski definition) is 3. The topological polar surface area (TPSA) is 47.4 Å². The summed E-state index contributed by atoms with van der Waals surface area (Å²) >= 11 is 0. The van der Waals surface area contributed by atoms with Crippen molar-refractivity contribution in [1.29, 1.82) is 0 Å². The molecule has 1 aromatic carbocycles. The zero-order valence-corrected chi connectivity index (χ0v) is 13.8. The van der Waals surface area contributed by atoms with Crippen LogP contribution in [0.25, 0.3) is 0 Å². The summed E-state index contributed by atoms with van der Waals surface area (Å²) in [5.74, 6) is 1.46. The van der Waals surface area contributed by atoms with Gasteiger partial charge in [-0.1, -0.05) is 12.1 Å². The van der Waals surface area contributed by atoms with Crippen molar-refractivity contribution in [2.45, 2.75) is 31.7 Å². The molecule has 1 atom stereocenters. The third kappa shape index (κ3) is 3.30. The molecule has 4 rings (SSSR count). The van der Waals surface area contributed by atoms with Gasteiger partial charge in [0.15, 0.2) is 0 Å². The first-order valence-corrected chi connectivity index (χ1v) is 8.81. The second-order valence-electron chi connectivity index (χ2n) is 6.78. The summed E-state index contributed by atoms with van der Waals surface area (Å²) in [4.78, 5) is 15.0. The average molecular weight is 325 g/mol. The lowest BCUT2D eigenvalue weighted by atomic mass is 10.0. The number of likely N-dealkylation sites (tertiary alicyclic amines) is 1. The first kappa shape index (κ1) is 15.2. The maximum absolute atomic E-state index is 13.0. The van der Waals surface area contributed by atoms with E-state index in [2.05, 4.69) is 5.10 Å². The lowest BCUT2D eigenvalue weighted by molar-refractivity contribution is 0.0668. The van der Waals surface area contributed by atoms with Crippen LogP contribution in [0.4, 0.5) is 0 Å². The highest BCUT2D eigenvalue weighted by atomic mass is 16.5. The molecule has 1 aliphatic heterocycles. The molecule has 0 spiro atoms. The number of para-hydroxylation sites is 1. The average Bonchev–Trinajstić information content (AvgIpc) is 3.30. The normalized spacial score (nSPS) is 20.8. The van der Waals surface area contributed by atoms with Crippen molar-refractivity contribution in [2.75, 3.05) is 19.7 Å². The summed E-state index contributed by atoms with van der Waals surface area (Å²) in [7, 11) is 0. The maximum atomic E-state index is 13.0. The Balaban J connectivity index is 1.48. The van der Waals surface area contributed by atoms with Gasteiger partial charge in [-0.05, 0) is 49.8 Å². The Hall–Kier alpha value is -2.30. The molecule has 0 bridgehead atoms. The first-order chi connectivity index (χ1) is 11.8. The summed E-state index contributed by atoms with van der Waals surface area (Å²) in [5, 5.41) is 4.33. The van der Waals surface area contributed by atoms with Crippen molar-refractivity contribution in [3.05, 3.63) is 48.3 Å². The lowest BCUT2D eigenvalue weighted by Gasteiger charge is -2.33. The largest absolute Gasteiger partial charge is 0.492 e. The summed E-state index contributed by atoms with van der Waals surface area (Å²) in [6, 6.07) is 9.82. The zero-order valence-electron chi connectivity index (χ0n) is 13.8. The number of aromatic nitrogens is 2. The minimum Gasteiger partial charge on any atom is -0.492 e. The van der Waals surface area contributed by atoms with Crippen molar-refractivity contribution in [1.82, 2.24) is 14.7 Å². The van der Waals surface area contributed by atoms with Gasteiger partial charge in [0.25, 0.3) is 5.91 Å². The van der Waals surface area contributed by atoms with Gasteiger partial charge in [-0.2, -0.15) is 5.10 Å². The molecule has 126 valence electrons. The van der Waals surface area contributed by atoms with E-state index < -0.39 is 0 Å². The Bertz CT molecular complexity index is 694. The zero-order chi connectivity index (χ0) is 16.4. The summed E-state index contributed by atoms with van der Waals surface area (Å²) in [6.45, 7) is 2.23. The van der Waals surface area contributed by atoms with Crippen LogP contribution in [-0.4, -0.2) is 40.3 Å². The number of amides is 1. The minimum atomic E-state index is 0.0678. The molecule has 5 heteroatoms. The molecule has 0 N–H and O–H groups in total. The predicted octanol–water partition coefficient (Wildman–Crippen LogP) is 3.15. The first-order valence-electron chi connectivity index (χ1n) is 8.81. The van der Waals surface area contributed by atoms with Crippen LogP contribution >= 0.6 is 0 Å². The van der Waals surface area contributed by atoms with Crippen molar-refractivity contribution >= 4 is 5.91 Å².